The maximum atomic E-state index is 5.34. The van der Waals surface area contributed by atoms with Gasteiger partial charge in [0.25, 0.3) is 0 Å². The van der Waals surface area contributed by atoms with E-state index < -0.39 is 0 Å². The summed E-state index contributed by atoms with van der Waals surface area (Å²) in [4.78, 5) is 4.78. The van der Waals surface area contributed by atoms with Crippen LogP contribution in [0.2, 0.25) is 0 Å². The van der Waals surface area contributed by atoms with Crippen molar-refractivity contribution in [3.05, 3.63) is 12.1 Å². The van der Waals surface area contributed by atoms with Gasteiger partial charge < -0.3 is 14.4 Å². The third-order valence-electron chi connectivity index (χ3n) is 3.90. The first-order chi connectivity index (χ1) is 10.2. The van der Waals surface area contributed by atoms with Crippen LogP contribution in [0.25, 0.3) is 0 Å². The first kappa shape index (κ1) is 16.0. The van der Waals surface area contributed by atoms with Crippen molar-refractivity contribution >= 4 is 5.82 Å². The van der Waals surface area contributed by atoms with Gasteiger partial charge in [0.2, 0.25) is 5.88 Å². The average molecular weight is 294 g/mol. The average Bonchev–Trinajstić information content (AvgIpc) is 2.47. The van der Waals surface area contributed by atoms with Gasteiger partial charge in [-0.15, -0.1) is 10.2 Å². The first-order valence-corrected chi connectivity index (χ1v) is 7.61. The SMILES string of the molecule is CCOc1ccc(N2C[C@@H](C)N(CCOC)[C@@H](C)C2)nn1. The maximum absolute atomic E-state index is 5.34. The number of methoxy groups -OCH3 is 1. The quantitative estimate of drug-likeness (QED) is 0.791. The van der Waals surface area contributed by atoms with Crippen LogP contribution in [0.1, 0.15) is 20.8 Å². The Bertz CT molecular complexity index is 414. The summed E-state index contributed by atoms with van der Waals surface area (Å²) >= 11 is 0. The molecule has 1 aliphatic heterocycles. The number of nitrogens with zero attached hydrogens (tertiary/aromatic N) is 4. The van der Waals surface area contributed by atoms with Crippen molar-refractivity contribution in [3.63, 3.8) is 0 Å². The molecule has 2 heterocycles. The molecule has 1 aromatic rings. The second-order valence-electron chi connectivity index (χ2n) is 5.50. The zero-order valence-corrected chi connectivity index (χ0v) is 13.5. The van der Waals surface area contributed by atoms with E-state index in [9.17, 15) is 0 Å². The molecule has 2 atom stereocenters. The van der Waals surface area contributed by atoms with Gasteiger partial charge in [0.05, 0.1) is 13.2 Å². The third-order valence-corrected chi connectivity index (χ3v) is 3.90. The Hall–Kier alpha value is -1.40. The van der Waals surface area contributed by atoms with Gasteiger partial charge in [-0.05, 0) is 26.8 Å². The monoisotopic (exact) mass is 294 g/mol. The largest absolute Gasteiger partial charge is 0.477 e. The van der Waals surface area contributed by atoms with Crippen LogP contribution in [0.5, 0.6) is 5.88 Å². The van der Waals surface area contributed by atoms with E-state index in [0.29, 0.717) is 24.6 Å². The summed E-state index contributed by atoms with van der Waals surface area (Å²) in [7, 11) is 1.75. The van der Waals surface area contributed by atoms with Gasteiger partial charge in [-0.1, -0.05) is 0 Å². The van der Waals surface area contributed by atoms with E-state index in [1.807, 2.05) is 19.1 Å². The Morgan fingerprint density at radius 1 is 1.19 bits per heavy atom. The number of aromatic nitrogens is 2. The maximum Gasteiger partial charge on any atom is 0.233 e. The minimum Gasteiger partial charge on any atom is -0.477 e. The molecule has 0 amide bonds. The van der Waals surface area contributed by atoms with Crippen LogP contribution < -0.4 is 9.64 Å². The van der Waals surface area contributed by atoms with Crippen LogP contribution in [-0.2, 0) is 4.74 Å². The summed E-state index contributed by atoms with van der Waals surface area (Å²) in [6, 6.07) is 4.82. The van der Waals surface area contributed by atoms with Gasteiger partial charge >= 0.3 is 0 Å². The molecule has 0 spiro atoms. The highest BCUT2D eigenvalue weighted by atomic mass is 16.5. The second-order valence-corrected chi connectivity index (χ2v) is 5.50. The normalized spacial score (nSPS) is 23.3. The number of piperazine rings is 1. The number of ether oxygens (including phenoxy) is 2. The molecule has 0 bridgehead atoms. The molecule has 21 heavy (non-hydrogen) atoms. The van der Waals surface area contributed by atoms with E-state index in [2.05, 4.69) is 33.8 Å². The Morgan fingerprint density at radius 2 is 1.90 bits per heavy atom. The lowest BCUT2D eigenvalue weighted by Crippen LogP contribution is -2.57. The molecule has 0 unspecified atom stereocenters. The molecule has 0 radical (unpaired) electrons. The number of hydrogen-bond acceptors (Lipinski definition) is 6. The van der Waals surface area contributed by atoms with Crippen molar-refractivity contribution in [1.82, 2.24) is 15.1 Å². The molecule has 1 aromatic heterocycles. The lowest BCUT2D eigenvalue weighted by atomic mass is 10.1. The van der Waals surface area contributed by atoms with E-state index in [0.717, 1.165) is 32.1 Å². The third kappa shape index (κ3) is 4.04. The number of rotatable bonds is 6. The summed E-state index contributed by atoms with van der Waals surface area (Å²) in [5.74, 6) is 1.50. The molecule has 2 rings (SSSR count). The molecule has 118 valence electrons. The molecule has 0 N–H and O–H groups in total. The van der Waals surface area contributed by atoms with Crippen molar-refractivity contribution in [2.75, 3.05) is 44.9 Å². The first-order valence-electron chi connectivity index (χ1n) is 7.61. The van der Waals surface area contributed by atoms with E-state index in [4.69, 9.17) is 9.47 Å². The minimum absolute atomic E-state index is 0.470. The van der Waals surface area contributed by atoms with Crippen LogP contribution >= 0.6 is 0 Å². The fraction of sp³-hybridized carbons (Fsp3) is 0.733. The van der Waals surface area contributed by atoms with Crippen molar-refractivity contribution in [2.24, 2.45) is 0 Å². The summed E-state index contributed by atoms with van der Waals surface area (Å²) in [6.07, 6.45) is 0. The summed E-state index contributed by atoms with van der Waals surface area (Å²) in [6.45, 7) is 10.7. The topological polar surface area (TPSA) is 50.7 Å². The Kier molecular flexibility index (Phi) is 5.76. The minimum atomic E-state index is 0.470. The highest BCUT2D eigenvalue weighted by Gasteiger charge is 2.29. The van der Waals surface area contributed by atoms with Gasteiger partial charge in [-0.2, -0.15) is 0 Å². The van der Waals surface area contributed by atoms with E-state index in [-0.39, 0.29) is 0 Å². The molecular formula is C15H26N4O2. The summed E-state index contributed by atoms with van der Waals surface area (Å²) in [5, 5.41) is 8.40. The van der Waals surface area contributed by atoms with Crippen LogP contribution in [-0.4, -0.2) is 67.1 Å². The van der Waals surface area contributed by atoms with Crippen LogP contribution in [0.3, 0.4) is 0 Å². The Balaban J connectivity index is 1.99. The molecule has 0 aliphatic carbocycles. The van der Waals surface area contributed by atoms with E-state index >= 15 is 0 Å². The zero-order valence-electron chi connectivity index (χ0n) is 13.5. The second kappa shape index (κ2) is 7.56. The predicted octanol–water partition coefficient (Wildman–Crippen LogP) is 1.42. The Morgan fingerprint density at radius 3 is 2.43 bits per heavy atom. The number of anilines is 1. The van der Waals surface area contributed by atoms with Gasteiger partial charge in [-0.25, -0.2) is 0 Å². The van der Waals surface area contributed by atoms with Gasteiger partial charge in [-0.3, -0.25) is 4.90 Å². The summed E-state index contributed by atoms with van der Waals surface area (Å²) < 4.78 is 10.5. The van der Waals surface area contributed by atoms with Gasteiger partial charge in [0.15, 0.2) is 5.82 Å². The van der Waals surface area contributed by atoms with Crippen molar-refractivity contribution < 1.29 is 9.47 Å². The van der Waals surface area contributed by atoms with Crippen LogP contribution in [0, 0.1) is 0 Å². The van der Waals surface area contributed by atoms with E-state index in [1.165, 1.54) is 0 Å². The fourth-order valence-corrected chi connectivity index (χ4v) is 2.89. The summed E-state index contributed by atoms with van der Waals surface area (Å²) in [5.41, 5.74) is 0. The van der Waals surface area contributed by atoms with E-state index in [1.54, 1.807) is 7.11 Å². The zero-order chi connectivity index (χ0) is 15.2. The fourth-order valence-electron chi connectivity index (χ4n) is 2.89. The lowest BCUT2D eigenvalue weighted by Gasteiger charge is -2.44. The number of hydrogen-bond donors (Lipinski definition) is 0. The molecule has 1 fully saturated rings. The predicted molar refractivity (Wildman–Crippen MR) is 82.9 cm³/mol. The van der Waals surface area contributed by atoms with Crippen molar-refractivity contribution in [2.45, 2.75) is 32.9 Å². The Labute approximate surface area is 127 Å². The lowest BCUT2D eigenvalue weighted by molar-refractivity contribution is 0.0844. The van der Waals surface area contributed by atoms with Crippen molar-refractivity contribution in [3.8, 4) is 5.88 Å². The smallest absolute Gasteiger partial charge is 0.233 e. The van der Waals surface area contributed by atoms with Crippen LogP contribution in [0.4, 0.5) is 5.82 Å². The molecule has 1 saturated heterocycles. The highest BCUT2D eigenvalue weighted by Crippen LogP contribution is 2.21. The molecular weight excluding hydrogens is 268 g/mol. The molecule has 6 nitrogen and oxygen atoms in total. The standard InChI is InChI=1S/C15H26N4O2/c1-5-21-15-7-6-14(16-17-15)18-10-12(2)19(8-9-20-4)13(3)11-18/h6-7,12-13H,5,8-11H2,1-4H3/t12-,13+. The van der Waals surface area contributed by atoms with Crippen LogP contribution in [0.15, 0.2) is 12.1 Å². The van der Waals surface area contributed by atoms with Gasteiger partial charge in [0, 0.05) is 44.9 Å². The molecule has 1 aliphatic rings. The molecule has 0 aromatic carbocycles. The van der Waals surface area contributed by atoms with Crippen molar-refractivity contribution in [1.29, 1.82) is 0 Å². The van der Waals surface area contributed by atoms with Gasteiger partial charge in [0.1, 0.15) is 0 Å². The molecule has 0 saturated carbocycles. The highest BCUT2D eigenvalue weighted by molar-refractivity contribution is 5.39. The molecule has 6 heteroatoms.